The van der Waals surface area contributed by atoms with Crippen molar-refractivity contribution in [2.24, 2.45) is 11.0 Å². The van der Waals surface area contributed by atoms with Gasteiger partial charge in [-0.25, -0.2) is 9.40 Å². The number of hydrogen-bond donors (Lipinski definition) is 0. The first-order valence-corrected chi connectivity index (χ1v) is 10.3. The van der Waals surface area contributed by atoms with Gasteiger partial charge in [-0.3, -0.25) is 4.79 Å². The van der Waals surface area contributed by atoms with Crippen molar-refractivity contribution >= 4 is 17.7 Å². The standard InChI is InChI=1S/C24H21FN2O4/c25-19-9-1-2-10-20(19)31-15-22(28)27-24(21-11-5-13-30-21)18-8-3-6-16(23(18)26-27)14-17-7-4-12-29-17/h1-2,4-5,7,9-14,18,24H,3,6,8,15H2. The zero-order valence-corrected chi connectivity index (χ0v) is 16.7. The molecule has 1 aromatic carbocycles. The molecule has 1 amide bonds. The average molecular weight is 420 g/mol. The van der Waals surface area contributed by atoms with E-state index in [1.54, 1.807) is 30.7 Å². The Kier molecular flexibility index (Phi) is 5.16. The topological polar surface area (TPSA) is 68.2 Å². The highest BCUT2D eigenvalue weighted by molar-refractivity contribution is 6.08. The van der Waals surface area contributed by atoms with Crippen LogP contribution in [0.15, 0.2) is 80.6 Å². The second-order valence-corrected chi connectivity index (χ2v) is 7.59. The number of amides is 1. The van der Waals surface area contributed by atoms with Gasteiger partial charge >= 0.3 is 0 Å². The molecular weight excluding hydrogens is 399 g/mol. The number of fused-ring (bicyclic) bond motifs is 1. The van der Waals surface area contributed by atoms with Gasteiger partial charge in [0, 0.05) is 5.92 Å². The molecule has 1 fully saturated rings. The minimum atomic E-state index is -0.511. The van der Waals surface area contributed by atoms with Crippen LogP contribution in [0.25, 0.3) is 6.08 Å². The molecule has 1 saturated carbocycles. The average Bonchev–Trinajstić information content (AvgIpc) is 3.53. The van der Waals surface area contributed by atoms with E-state index in [2.05, 4.69) is 0 Å². The molecule has 5 rings (SSSR count). The van der Waals surface area contributed by atoms with Gasteiger partial charge < -0.3 is 13.6 Å². The largest absolute Gasteiger partial charge is 0.481 e. The van der Waals surface area contributed by atoms with Crippen LogP contribution in [0.2, 0.25) is 0 Å². The van der Waals surface area contributed by atoms with E-state index in [4.69, 9.17) is 18.7 Å². The molecule has 2 aromatic heterocycles. The van der Waals surface area contributed by atoms with E-state index in [1.807, 2.05) is 24.3 Å². The molecule has 2 aliphatic rings. The Morgan fingerprint density at radius 3 is 2.77 bits per heavy atom. The number of hydrogen-bond acceptors (Lipinski definition) is 5. The van der Waals surface area contributed by atoms with Crippen LogP contribution in [0, 0.1) is 11.7 Å². The second kappa shape index (κ2) is 8.26. The van der Waals surface area contributed by atoms with Crippen LogP contribution in [0.4, 0.5) is 4.39 Å². The number of allylic oxidation sites excluding steroid dienone is 1. The highest BCUT2D eigenvalue weighted by Crippen LogP contribution is 2.44. The Morgan fingerprint density at radius 2 is 2.00 bits per heavy atom. The summed E-state index contributed by atoms with van der Waals surface area (Å²) in [4.78, 5) is 13.1. The van der Waals surface area contributed by atoms with Gasteiger partial charge in [0.2, 0.25) is 0 Å². The molecule has 1 aliphatic carbocycles. The second-order valence-electron chi connectivity index (χ2n) is 7.59. The molecular formula is C24H21FN2O4. The van der Waals surface area contributed by atoms with E-state index in [1.165, 1.54) is 17.1 Å². The third-order valence-electron chi connectivity index (χ3n) is 5.64. The van der Waals surface area contributed by atoms with Crippen molar-refractivity contribution < 1.29 is 22.8 Å². The Morgan fingerprint density at radius 1 is 1.16 bits per heavy atom. The number of carbonyl (C=O) groups is 1. The summed E-state index contributed by atoms with van der Waals surface area (Å²) >= 11 is 0. The maximum Gasteiger partial charge on any atom is 0.281 e. The number of hydrazone groups is 1. The number of ether oxygens (including phenoxy) is 1. The van der Waals surface area contributed by atoms with E-state index < -0.39 is 5.82 Å². The van der Waals surface area contributed by atoms with Crippen molar-refractivity contribution in [3.63, 3.8) is 0 Å². The lowest BCUT2D eigenvalue weighted by molar-refractivity contribution is -0.136. The summed E-state index contributed by atoms with van der Waals surface area (Å²) in [6, 6.07) is 13.0. The Labute approximate surface area is 178 Å². The molecule has 0 radical (unpaired) electrons. The van der Waals surface area contributed by atoms with E-state index in [9.17, 15) is 9.18 Å². The molecule has 7 heteroatoms. The van der Waals surface area contributed by atoms with Crippen molar-refractivity contribution in [2.75, 3.05) is 6.61 Å². The summed E-state index contributed by atoms with van der Waals surface area (Å²) in [7, 11) is 0. The molecule has 3 aromatic rings. The molecule has 2 unspecified atom stereocenters. The number of carbonyl (C=O) groups excluding carboxylic acids is 1. The fourth-order valence-corrected chi connectivity index (χ4v) is 4.26. The highest BCUT2D eigenvalue weighted by Gasteiger charge is 2.45. The van der Waals surface area contributed by atoms with E-state index in [-0.39, 0.29) is 30.2 Å². The number of para-hydroxylation sites is 1. The summed E-state index contributed by atoms with van der Waals surface area (Å²) in [6.45, 7) is -0.321. The van der Waals surface area contributed by atoms with Gasteiger partial charge in [0.1, 0.15) is 17.6 Å². The Hall–Kier alpha value is -3.61. The molecule has 0 spiro atoms. The van der Waals surface area contributed by atoms with Gasteiger partial charge in [-0.2, -0.15) is 5.10 Å². The molecule has 2 atom stereocenters. The quantitative estimate of drug-likeness (QED) is 0.568. The third kappa shape index (κ3) is 3.79. The molecule has 1 aliphatic heterocycles. The lowest BCUT2D eigenvalue weighted by Crippen LogP contribution is -2.34. The molecule has 0 saturated heterocycles. The van der Waals surface area contributed by atoms with Gasteiger partial charge in [0.15, 0.2) is 18.2 Å². The van der Waals surface area contributed by atoms with Gasteiger partial charge in [0.05, 0.1) is 18.2 Å². The van der Waals surface area contributed by atoms with Gasteiger partial charge in [0.25, 0.3) is 5.91 Å². The summed E-state index contributed by atoms with van der Waals surface area (Å²) in [5, 5.41) is 6.13. The zero-order chi connectivity index (χ0) is 21.2. The smallest absolute Gasteiger partial charge is 0.281 e. The van der Waals surface area contributed by atoms with Gasteiger partial charge in [-0.1, -0.05) is 12.1 Å². The van der Waals surface area contributed by atoms with Crippen LogP contribution in [0.5, 0.6) is 5.75 Å². The van der Waals surface area contributed by atoms with Crippen LogP contribution >= 0.6 is 0 Å². The molecule has 6 nitrogen and oxygen atoms in total. The molecule has 3 heterocycles. The molecule has 158 valence electrons. The monoisotopic (exact) mass is 420 g/mol. The predicted octanol–water partition coefficient (Wildman–Crippen LogP) is 5.21. The maximum absolute atomic E-state index is 13.9. The van der Waals surface area contributed by atoms with Crippen molar-refractivity contribution in [3.05, 3.63) is 84.0 Å². The maximum atomic E-state index is 13.9. The SMILES string of the molecule is O=C(COc1ccccc1F)N1N=C2C(=Cc3ccco3)CCCC2C1c1ccco1. The number of halogens is 1. The van der Waals surface area contributed by atoms with Crippen molar-refractivity contribution in [1.29, 1.82) is 0 Å². The Bertz CT molecular complexity index is 1120. The van der Waals surface area contributed by atoms with E-state index in [0.29, 0.717) is 5.76 Å². The number of benzene rings is 1. The summed E-state index contributed by atoms with van der Waals surface area (Å²) in [5.74, 6) is 0.598. The number of nitrogens with zero attached hydrogens (tertiary/aromatic N) is 2. The minimum absolute atomic E-state index is 0.0125. The minimum Gasteiger partial charge on any atom is -0.481 e. The van der Waals surface area contributed by atoms with E-state index >= 15 is 0 Å². The molecule has 0 bridgehead atoms. The summed E-state index contributed by atoms with van der Waals surface area (Å²) < 4.78 is 30.5. The van der Waals surface area contributed by atoms with Crippen molar-refractivity contribution in [3.8, 4) is 5.75 Å². The summed E-state index contributed by atoms with van der Waals surface area (Å²) in [6.07, 6.45) is 7.92. The van der Waals surface area contributed by atoms with Crippen LogP contribution in [-0.4, -0.2) is 23.2 Å². The molecule has 31 heavy (non-hydrogen) atoms. The summed E-state index contributed by atoms with van der Waals surface area (Å²) in [5.41, 5.74) is 1.91. The van der Waals surface area contributed by atoms with Gasteiger partial charge in [-0.15, -0.1) is 0 Å². The number of rotatable bonds is 5. The molecule has 0 N–H and O–H groups in total. The third-order valence-corrected chi connectivity index (χ3v) is 5.64. The normalized spacial score (nSPS) is 21.8. The Balaban J connectivity index is 1.44. The fourth-order valence-electron chi connectivity index (χ4n) is 4.26. The van der Waals surface area contributed by atoms with Crippen molar-refractivity contribution in [2.45, 2.75) is 25.3 Å². The van der Waals surface area contributed by atoms with Crippen LogP contribution < -0.4 is 4.74 Å². The predicted molar refractivity (Wildman–Crippen MR) is 112 cm³/mol. The van der Waals surface area contributed by atoms with Crippen LogP contribution in [0.1, 0.15) is 36.8 Å². The van der Waals surface area contributed by atoms with Crippen LogP contribution in [0.3, 0.4) is 0 Å². The van der Waals surface area contributed by atoms with E-state index in [0.717, 1.165) is 36.3 Å². The van der Waals surface area contributed by atoms with Crippen molar-refractivity contribution in [1.82, 2.24) is 5.01 Å². The zero-order valence-electron chi connectivity index (χ0n) is 16.7. The highest BCUT2D eigenvalue weighted by atomic mass is 19.1. The van der Waals surface area contributed by atoms with Crippen LogP contribution in [-0.2, 0) is 4.79 Å². The first-order valence-electron chi connectivity index (χ1n) is 10.3. The lowest BCUT2D eigenvalue weighted by atomic mass is 9.79. The first-order chi connectivity index (χ1) is 15.2. The van der Waals surface area contributed by atoms with Gasteiger partial charge in [-0.05, 0) is 67.3 Å². The lowest BCUT2D eigenvalue weighted by Gasteiger charge is -2.27. The fraction of sp³-hybridized carbons (Fsp3) is 0.250. The first kappa shape index (κ1) is 19.4. The number of furan rings is 2.